The van der Waals surface area contributed by atoms with Gasteiger partial charge in [0.1, 0.15) is 0 Å². The van der Waals surface area contributed by atoms with E-state index in [-0.39, 0.29) is 0 Å². The zero-order valence-corrected chi connectivity index (χ0v) is 26.4. The molecule has 0 radical (unpaired) electrons. The van der Waals surface area contributed by atoms with Crippen LogP contribution in [0.5, 0.6) is 0 Å². The molecule has 4 aromatic heterocycles. The van der Waals surface area contributed by atoms with E-state index in [1.54, 1.807) is 0 Å². The first-order valence-corrected chi connectivity index (χ1v) is 17.5. The Morgan fingerprint density at radius 1 is 0.378 bits per heavy atom. The van der Waals surface area contributed by atoms with Gasteiger partial charge in [0.25, 0.3) is 0 Å². The van der Waals surface area contributed by atoms with E-state index in [1.807, 2.05) is 40.2 Å². The van der Waals surface area contributed by atoms with E-state index < -0.39 is 0 Å². The lowest BCUT2D eigenvalue weighted by Gasteiger charge is -2.07. The van der Waals surface area contributed by atoms with Crippen LogP contribution in [0.25, 0.3) is 94.0 Å². The van der Waals surface area contributed by atoms with Crippen LogP contribution in [0, 0.1) is 0 Å². The van der Waals surface area contributed by atoms with Gasteiger partial charge in [-0.15, -0.1) is 34.0 Å². The van der Waals surface area contributed by atoms with Gasteiger partial charge in [-0.05, 0) is 86.6 Å². The molecule has 6 aromatic carbocycles. The van der Waals surface area contributed by atoms with Crippen LogP contribution in [-0.4, -0.2) is 4.98 Å². The molecular formula is C41H23NS3. The molecule has 0 aliphatic heterocycles. The number of aromatic nitrogens is 1. The highest BCUT2D eigenvalue weighted by Crippen LogP contribution is 2.46. The molecule has 1 nitrogen and oxygen atoms in total. The van der Waals surface area contributed by atoms with E-state index in [4.69, 9.17) is 4.98 Å². The topological polar surface area (TPSA) is 12.9 Å². The molecule has 0 unspecified atom stereocenters. The maximum absolute atomic E-state index is 4.90. The lowest BCUT2D eigenvalue weighted by Crippen LogP contribution is -1.86. The van der Waals surface area contributed by atoms with Crippen LogP contribution in [0.2, 0.25) is 0 Å². The fourth-order valence-electron chi connectivity index (χ4n) is 6.53. The number of rotatable bonds is 3. The largest absolute Gasteiger partial charge is 0.256 e. The Hall–Kier alpha value is -4.87. The first-order valence-electron chi connectivity index (χ1n) is 15.0. The van der Waals surface area contributed by atoms with Gasteiger partial charge in [-0.2, -0.15) is 0 Å². The second kappa shape index (κ2) is 9.82. The Kier molecular flexibility index (Phi) is 5.55. The van der Waals surface area contributed by atoms with Crippen molar-refractivity contribution in [3.8, 4) is 32.8 Å². The second-order valence-corrected chi connectivity index (χ2v) is 14.8. The summed E-state index contributed by atoms with van der Waals surface area (Å²) in [6, 6.07) is 48.9. The molecule has 0 saturated carbocycles. The van der Waals surface area contributed by atoms with Crippen molar-refractivity contribution >= 4 is 95.2 Å². The second-order valence-electron chi connectivity index (χ2n) is 11.6. The molecule has 0 fully saturated rings. The number of thiophene rings is 3. The summed E-state index contributed by atoms with van der Waals surface area (Å²) in [4.78, 5) is 6.20. The zero-order valence-electron chi connectivity index (χ0n) is 24.0. The molecule has 4 heterocycles. The third kappa shape index (κ3) is 4.14. The van der Waals surface area contributed by atoms with Crippen molar-refractivity contribution in [3.63, 3.8) is 0 Å². The molecule has 0 atom stereocenters. The molecule has 10 rings (SSSR count). The van der Waals surface area contributed by atoms with Crippen LogP contribution in [0.4, 0.5) is 0 Å². The van der Waals surface area contributed by atoms with Gasteiger partial charge in [-0.25, -0.2) is 0 Å². The number of pyridine rings is 1. The highest BCUT2D eigenvalue weighted by molar-refractivity contribution is 7.36. The summed E-state index contributed by atoms with van der Waals surface area (Å²) in [5.41, 5.74) is 5.69. The number of fused-ring (bicyclic) bond motifs is 8. The Bertz CT molecular complexity index is 2710. The first kappa shape index (κ1) is 25.5. The molecule has 0 saturated heterocycles. The monoisotopic (exact) mass is 625 g/mol. The minimum Gasteiger partial charge on any atom is -0.256 e. The molecule has 0 bridgehead atoms. The van der Waals surface area contributed by atoms with Gasteiger partial charge in [0.15, 0.2) is 0 Å². The summed E-state index contributed by atoms with van der Waals surface area (Å²) in [6.07, 6.45) is 2.00. The van der Waals surface area contributed by atoms with Crippen LogP contribution in [0.1, 0.15) is 0 Å². The number of hydrogen-bond acceptors (Lipinski definition) is 4. The fourth-order valence-corrected chi connectivity index (χ4v) is 10.3. The third-order valence-corrected chi connectivity index (χ3v) is 12.6. The maximum atomic E-state index is 4.90. The maximum Gasteiger partial charge on any atom is 0.0702 e. The Morgan fingerprint density at radius 2 is 0.978 bits per heavy atom. The van der Waals surface area contributed by atoms with Gasteiger partial charge < -0.3 is 0 Å². The molecule has 0 N–H and O–H groups in total. The Balaban J connectivity index is 0.972. The molecule has 0 amide bonds. The predicted octanol–water partition coefficient (Wildman–Crippen LogP) is 13.2. The van der Waals surface area contributed by atoms with Gasteiger partial charge >= 0.3 is 0 Å². The molecule has 0 spiro atoms. The molecule has 45 heavy (non-hydrogen) atoms. The Morgan fingerprint density at radius 3 is 1.69 bits per heavy atom. The van der Waals surface area contributed by atoms with Crippen molar-refractivity contribution in [1.29, 1.82) is 0 Å². The van der Waals surface area contributed by atoms with Crippen LogP contribution in [-0.2, 0) is 0 Å². The van der Waals surface area contributed by atoms with Gasteiger partial charge in [-0.3, -0.25) is 4.98 Å². The van der Waals surface area contributed by atoms with Crippen LogP contribution in [0.15, 0.2) is 140 Å². The van der Waals surface area contributed by atoms with Crippen LogP contribution in [0.3, 0.4) is 0 Å². The highest BCUT2D eigenvalue weighted by Gasteiger charge is 2.14. The summed E-state index contributed by atoms with van der Waals surface area (Å²) < 4.78 is 6.85. The SMILES string of the molecule is c1ccc2cc3c(cc2c1)sc1c2cc4ccc(-c5ccc(-c6ccc(-c7cc8ccccc8s7)cc6)cn5)cc4cc2sc31. The smallest absolute Gasteiger partial charge is 0.0702 e. The molecule has 210 valence electrons. The minimum absolute atomic E-state index is 0.993. The first-order chi connectivity index (χ1) is 22.2. The van der Waals surface area contributed by atoms with Crippen molar-refractivity contribution in [2.45, 2.75) is 0 Å². The zero-order chi connectivity index (χ0) is 29.5. The molecular weight excluding hydrogens is 603 g/mol. The highest BCUT2D eigenvalue weighted by atomic mass is 32.1. The molecule has 0 aliphatic carbocycles. The summed E-state index contributed by atoms with van der Waals surface area (Å²) >= 11 is 5.68. The van der Waals surface area contributed by atoms with Crippen molar-refractivity contribution in [1.82, 2.24) is 4.98 Å². The average molecular weight is 626 g/mol. The van der Waals surface area contributed by atoms with E-state index in [9.17, 15) is 0 Å². The van der Waals surface area contributed by atoms with E-state index in [2.05, 4.69) is 133 Å². The van der Waals surface area contributed by atoms with Gasteiger partial charge in [0.05, 0.1) is 15.1 Å². The van der Waals surface area contributed by atoms with Crippen molar-refractivity contribution in [2.24, 2.45) is 0 Å². The summed E-state index contributed by atoms with van der Waals surface area (Å²) in [5, 5.41) is 9.18. The van der Waals surface area contributed by atoms with Crippen molar-refractivity contribution in [3.05, 3.63) is 140 Å². The Labute approximate surface area is 271 Å². The van der Waals surface area contributed by atoms with E-state index in [0.717, 1.165) is 16.8 Å². The summed E-state index contributed by atoms with van der Waals surface area (Å²) in [7, 11) is 0. The van der Waals surface area contributed by atoms with Crippen LogP contribution >= 0.6 is 34.0 Å². The average Bonchev–Trinajstić information content (AvgIpc) is 3.78. The van der Waals surface area contributed by atoms with Gasteiger partial charge in [-0.1, -0.05) is 84.9 Å². The van der Waals surface area contributed by atoms with Gasteiger partial charge in [0.2, 0.25) is 0 Å². The van der Waals surface area contributed by atoms with E-state index in [0.29, 0.717) is 0 Å². The lowest BCUT2D eigenvalue weighted by molar-refractivity contribution is 1.33. The quantitative estimate of drug-likeness (QED) is 0.190. The third-order valence-electron chi connectivity index (χ3n) is 8.89. The number of benzene rings is 6. The minimum atomic E-state index is 0.993. The normalized spacial score (nSPS) is 12.0. The number of hydrogen-bond donors (Lipinski definition) is 0. The molecule has 0 aliphatic rings. The molecule has 4 heteroatoms. The van der Waals surface area contributed by atoms with Gasteiger partial charge in [0, 0.05) is 47.1 Å². The summed E-state index contributed by atoms with van der Waals surface area (Å²) in [6.45, 7) is 0. The lowest BCUT2D eigenvalue weighted by atomic mass is 10.0. The van der Waals surface area contributed by atoms with Crippen molar-refractivity contribution in [2.75, 3.05) is 0 Å². The van der Waals surface area contributed by atoms with Crippen molar-refractivity contribution < 1.29 is 0 Å². The summed E-state index contributed by atoms with van der Waals surface area (Å²) in [5.74, 6) is 0. The van der Waals surface area contributed by atoms with Crippen LogP contribution < -0.4 is 0 Å². The van der Waals surface area contributed by atoms with E-state index >= 15 is 0 Å². The number of nitrogens with zero attached hydrogens (tertiary/aromatic N) is 1. The van der Waals surface area contributed by atoms with E-state index in [1.165, 1.54) is 77.2 Å². The standard InChI is InChI=1S/C41H23NS3/c1-2-6-27-20-38-33(18-26(27)5-1)40-41(44-38)34-19-28-13-14-29(17-32(28)22-39(34)45-40)35-16-15-31(23-42-35)24-9-11-25(12-10-24)37-21-30-7-3-4-8-36(30)43-37/h1-23H. The molecule has 10 aromatic rings. The predicted molar refractivity (Wildman–Crippen MR) is 199 cm³/mol. The fraction of sp³-hybridized carbons (Fsp3) is 0.